The first kappa shape index (κ1) is 31.0. The molecule has 4 heteroatoms. The molecule has 0 unspecified atom stereocenters. The first-order chi connectivity index (χ1) is 13.8. The normalized spacial score (nSPS) is 10.8. The van der Waals surface area contributed by atoms with Crippen molar-refractivity contribution in [3.8, 4) is 0 Å². The molecule has 29 heavy (non-hydrogen) atoms. The van der Waals surface area contributed by atoms with Crippen LogP contribution in [0.3, 0.4) is 0 Å². The molecule has 0 bridgehead atoms. The van der Waals surface area contributed by atoms with Gasteiger partial charge < -0.3 is 10.4 Å². The number of nitrogens with one attached hydrogen (secondary N) is 1. The van der Waals surface area contributed by atoms with Crippen LogP contribution >= 0.6 is 0 Å². The molecule has 0 fully saturated rings. The van der Waals surface area contributed by atoms with Crippen molar-refractivity contribution in [2.24, 2.45) is 10.1 Å². The van der Waals surface area contributed by atoms with Crippen LogP contribution in [0.4, 0.5) is 0 Å². The van der Waals surface area contributed by atoms with Crippen LogP contribution in [0.25, 0.3) is 0 Å². The molecule has 0 atom stereocenters. The Morgan fingerprint density at radius 2 is 1.52 bits per heavy atom. The van der Waals surface area contributed by atoms with E-state index in [-0.39, 0.29) is 0 Å². The van der Waals surface area contributed by atoms with Gasteiger partial charge in [-0.2, -0.15) is 5.10 Å². The zero-order valence-corrected chi connectivity index (χ0v) is 20.3. The Morgan fingerprint density at radius 3 is 1.86 bits per heavy atom. The largest absolute Gasteiger partial charge is 0.305 e. The highest BCUT2D eigenvalue weighted by atomic mass is 15.4. The molecule has 0 aromatic heterocycles. The van der Waals surface area contributed by atoms with E-state index in [9.17, 15) is 0 Å². The molecule has 1 N–H and O–H groups in total. The third-order valence-corrected chi connectivity index (χ3v) is 3.37. The number of allylic oxidation sites excluding steroid dienone is 4. The standard InChI is InChI=1S/C14H19N3.C7H11N.2C2H6/c1-6-14(16-17(4)5)13-9-7-8-12(10-13)11(2)15-3;1-4-5-6(2)7(3)8;2*1-2/h6-10H,1H2,2-5H3;4-5,8H,1H2,2-3H3;2*1-2H3/b15-11?,16-14+;6-5+,8-7?;;. The molecule has 0 heterocycles. The van der Waals surface area contributed by atoms with E-state index in [4.69, 9.17) is 5.41 Å². The maximum atomic E-state index is 7.09. The summed E-state index contributed by atoms with van der Waals surface area (Å²) in [5.74, 6) is 0. The highest BCUT2D eigenvalue weighted by molar-refractivity contribution is 6.10. The van der Waals surface area contributed by atoms with Gasteiger partial charge in [-0.05, 0) is 44.1 Å². The van der Waals surface area contributed by atoms with E-state index >= 15 is 0 Å². The monoisotopic (exact) mass is 398 g/mol. The van der Waals surface area contributed by atoms with Crippen LogP contribution in [-0.2, 0) is 0 Å². The second-order valence-electron chi connectivity index (χ2n) is 5.64. The number of benzene rings is 1. The fourth-order valence-corrected chi connectivity index (χ4v) is 1.77. The van der Waals surface area contributed by atoms with Crippen LogP contribution in [0.2, 0.25) is 0 Å². The molecule has 1 rings (SSSR count). The summed E-state index contributed by atoms with van der Waals surface area (Å²) in [6, 6.07) is 8.15. The number of rotatable bonds is 6. The summed E-state index contributed by atoms with van der Waals surface area (Å²) >= 11 is 0. The third kappa shape index (κ3) is 14.9. The van der Waals surface area contributed by atoms with Crippen LogP contribution < -0.4 is 0 Å². The number of hydrazone groups is 1. The van der Waals surface area contributed by atoms with Crippen molar-refractivity contribution in [3.05, 3.63) is 72.4 Å². The summed E-state index contributed by atoms with van der Waals surface area (Å²) in [4.78, 5) is 4.19. The molecule has 0 aliphatic rings. The highest BCUT2D eigenvalue weighted by Crippen LogP contribution is 2.09. The average Bonchev–Trinajstić information content (AvgIpc) is 2.74. The minimum absolute atomic E-state index is 0.602. The maximum Gasteiger partial charge on any atom is 0.0898 e. The Hall–Kier alpha value is -2.75. The molecule has 0 saturated carbocycles. The maximum absolute atomic E-state index is 7.09. The lowest BCUT2D eigenvalue weighted by molar-refractivity contribution is 0.438. The van der Waals surface area contributed by atoms with Crippen LogP contribution in [0.1, 0.15) is 59.6 Å². The van der Waals surface area contributed by atoms with Gasteiger partial charge in [0.05, 0.1) is 5.71 Å². The Labute approximate surface area is 180 Å². The summed E-state index contributed by atoms with van der Waals surface area (Å²) in [6.45, 7) is 21.0. The molecule has 0 saturated heterocycles. The molecule has 162 valence electrons. The van der Waals surface area contributed by atoms with E-state index in [2.05, 4.69) is 29.3 Å². The van der Waals surface area contributed by atoms with Gasteiger partial charge in [-0.3, -0.25) is 4.99 Å². The zero-order valence-electron chi connectivity index (χ0n) is 20.3. The van der Waals surface area contributed by atoms with Crippen molar-refractivity contribution in [2.45, 2.75) is 48.5 Å². The molecule has 0 aliphatic heterocycles. The van der Waals surface area contributed by atoms with Gasteiger partial charge in [0, 0.05) is 38.1 Å². The summed E-state index contributed by atoms with van der Waals surface area (Å²) in [5.41, 5.74) is 5.61. The van der Waals surface area contributed by atoms with E-state index in [1.165, 1.54) is 0 Å². The Balaban J connectivity index is -0.000000474. The molecule has 0 aliphatic carbocycles. The summed E-state index contributed by atoms with van der Waals surface area (Å²) in [6.07, 6.45) is 5.27. The van der Waals surface area contributed by atoms with Gasteiger partial charge in [-0.1, -0.05) is 71.2 Å². The summed E-state index contributed by atoms with van der Waals surface area (Å²) < 4.78 is 0. The third-order valence-electron chi connectivity index (χ3n) is 3.37. The van der Waals surface area contributed by atoms with E-state index in [1.807, 2.05) is 79.9 Å². The van der Waals surface area contributed by atoms with Crippen molar-refractivity contribution in [1.29, 1.82) is 5.41 Å². The lowest BCUT2D eigenvalue weighted by Gasteiger charge is -2.09. The molecule has 0 amide bonds. The Morgan fingerprint density at radius 1 is 1.00 bits per heavy atom. The molecule has 1 aromatic rings. The number of aliphatic imine (C=N–C) groups is 1. The lowest BCUT2D eigenvalue weighted by atomic mass is 10.0. The first-order valence-electron chi connectivity index (χ1n) is 10.0. The van der Waals surface area contributed by atoms with Gasteiger partial charge in [0.1, 0.15) is 0 Å². The minimum Gasteiger partial charge on any atom is -0.305 e. The van der Waals surface area contributed by atoms with Crippen LogP contribution in [0.15, 0.2) is 71.3 Å². The number of hydrogen-bond acceptors (Lipinski definition) is 4. The summed E-state index contributed by atoms with van der Waals surface area (Å²) in [5, 5.41) is 13.2. The fraction of sp³-hybridized carbons (Fsp3) is 0.400. The average molecular weight is 399 g/mol. The molecule has 0 spiro atoms. The molecule has 0 radical (unpaired) electrons. The van der Waals surface area contributed by atoms with E-state index in [0.717, 1.165) is 28.1 Å². The van der Waals surface area contributed by atoms with Gasteiger partial charge >= 0.3 is 0 Å². The fourth-order valence-electron chi connectivity index (χ4n) is 1.77. The van der Waals surface area contributed by atoms with Crippen molar-refractivity contribution in [3.63, 3.8) is 0 Å². The van der Waals surface area contributed by atoms with Crippen molar-refractivity contribution < 1.29 is 0 Å². The smallest absolute Gasteiger partial charge is 0.0898 e. The molecular weight excluding hydrogens is 356 g/mol. The van der Waals surface area contributed by atoms with Crippen LogP contribution in [0.5, 0.6) is 0 Å². The van der Waals surface area contributed by atoms with E-state index in [1.54, 1.807) is 31.1 Å². The van der Waals surface area contributed by atoms with Crippen LogP contribution in [-0.4, -0.2) is 43.3 Å². The van der Waals surface area contributed by atoms with Gasteiger partial charge in [0.25, 0.3) is 0 Å². The van der Waals surface area contributed by atoms with Gasteiger partial charge in [-0.15, -0.1) is 0 Å². The van der Waals surface area contributed by atoms with E-state index < -0.39 is 0 Å². The minimum atomic E-state index is 0.602. The molecular formula is C25H42N4. The predicted octanol–water partition coefficient (Wildman–Crippen LogP) is 6.79. The number of nitrogens with zero attached hydrogens (tertiary/aromatic N) is 3. The number of hydrogen-bond donors (Lipinski definition) is 1. The molecule has 1 aromatic carbocycles. The van der Waals surface area contributed by atoms with Gasteiger partial charge in [0.2, 0.25) is 0 Å². The first-order valence-corrected chi connectivity index (χ1v) is 10.0. The Kier molecular flexibility index (Phi) is 21.3. The predicted molar refractivity (Wildman–Crippen MR) is 135 cm³/mol. The second kappa shape index (κ2) is 20.0. The Bertz CT molecular complexity index is 693. The SMILES string of the molecule is C=C/C(=N\N(C)C)c1cccc(C(C)=NC)c1.C=C/C=C(\C)C(C)=N.CC.CC. The second-order valence-corrected chi connectivity index (χ2v) is 5.64. The quantitative estimate of drug-likeness (QED) is 0.320. The highest BCUT2D eigenvalue weighted by Gasteiger charge is 2.03. The van der Waals surface area contributed by atoms with Crippen molar-refractivity contribution in [2.75, 3.05) is 21.1 Å². The van der Waals surface area contributed by atoms with Gasteiger partial charge in [0.15, 0.2) is 0 Å². The van der Waals surface area contributed by atoms with Crippen LogP contribution in [0, 0.1) is 5.41 Å². The zero-order chi connectivity index (χ0) is 23.4. The van der Waals surface area contributed by atoms with Crippen molar-refractivity contribution in [1.82, 2.24) is 5.01 Å². The van der Waals surface area contributed by atoms with Crippen molar-refractivity contribution >= 4 is 17.1 Å². The van der Waals surface area contributed by atoms with Gasteiger partial charge in [-0.25, -0.2) is 0 Å². The van der Waals surface area contributed by atoms with E-state index in [0.29, 0.717) is 5.71 Å². The molecule has 4 nitrogen and oxygen atoms in total. The lowest BCUT2D eigenvalue weighted by Crippen LogP contribution is -2.08. The summed E-state index contributed by atoms with van der Waals surface area (Å²) in [7, 11) is 5.59. The topological polar surface area (TPSA) is 51.8 Å².